The van der Waals surface area contributed by atoms with Crippen molar-refractivity contribution < 1.29 is 13.6 Å². The normalized spacial score (nSPS) is 13.4. The molecule has 0 bridgehead atoms. The summed E-state index contributed by atoms with van der Waals surface area (Å²) in [6.45, 7) is 1.64. The van der Waals surface area contributed by atoms with Crippen molar-refractivity contribution >= 4 is 39.9 Å². The molecule has 3 aromatic heterocycles. The van der Waals surface area contributed by atoms with E-state index in [2.05, 4.69) is 20.4 Å². The van der Waals surface area contributed by atoms with Gasteiger partial charge in [-0.05, 0) is 43.5 Å². The molecule has 1 aliphatic rings. The van der Waals surface area contributed by atoms with Crippen LogP contribution < -0.4 is 5.32 Å². The van der Waals surface area contributed by atoms with Crippen LogP contribution in [0, 0.1) is 18.3 Å². The third-order valence-corrected chi connectivity index (χ3v) is 6.39. The van der Waals surface area contributed by atoms with E-state index in [1.54, 1.807) is 49.3 Å². The van der Waals surface area contributed by atoms with E-state index in [1.165, 1.54) is 4.52 Å². The van der Waals surface area contributed by atoms with Crippen molar-refractivity contribution in [1.29, 1.82) is 5.26 Å². The van der Waals surface area contributed by atoms with Crippen LogP contribution >= 0.6 is 11.6 Å². The smallest absolute Gasteiger partial charge is 0.283 e. The Bertz CT molecular complexity index is 1520. The average molecular weight is 496 g/mol. The van der Waals surface area contributed by atoms with Gasteiger partial charge >= 0.3 is 0 Å². The summed E-state index contributed by atoms with van der Waals surface area (Å²) in [4.78, 5) is 23.3. The summed E-state index contributed by atoms with van der Waals surface area (Å²) in [5, 5.41) is 18.0. The zero-order chi connectivity index (χ0) is 24.9. The predicted molar refractivity (Wildman–Crippen MR) is 127 cm³/mol. The van der Waals surface area contributed by atoms with E-state index in [0.29, 0.717) is 27.4 Å². The molecule has 0 unspecified atom stereocenters. The minimum Gasteiger partial charge on any atom is -0.360 e. The number of aromatic nitrogens is 4. The first-order valence-electron chi connectivity index (χ1n) is 11.0. The molecule has 1 fully saturated rings. The highest BCUT2D eigenvalue weighted by molar-refractivity contribution is 6.31. The van der Waals surface area contributed by atoms with Gasteiger partial charge in [0.25, 0.3) is 6.43 Å². The molecular weight excluding hydrogens is 476 g/mol. The molecule has 0 aliphatic heterocycles. The third kappa shape index (κ3) is 4.02. The molecule has 0 atom stereocenters. The first kappa shape index (κ1) is 22.9. The second-order valence-corrected chi connectivity index (χ2v) is 8.87. The highest BCUT2D eigenvalue weighted by Crippen LogP contribution is 2.38. The molecule has 178 valence electrons. The first-order valence-corrected chi connectivity index (χ1v) is 11.3. The van der Waals surface area contributed by atoms with E-state index in [9.17, 15) is 18.8 Å². The molecule has 1 amide bonds. The van der Waals surface area contributed by atoms with E-state index in [1.807, 2.05) is 6.07 Å². The number of benzene rings is 1. The average Bonchev–Trinajstić information content (AvgIpc) is 3.61. The Balaban J connectivity index is 1.74. The van der Waals surface area contributed by atoms with Gasteiger partial charge in [0.2, 0.25) is 5.91 Å². The molecule has 5 rings (SSSR count). The van der Waals surface area contributed by atoms with Crippen LogP contribution in [0.3, 0.4) is 0 Å². The fourth-order valence-corrected chi connectivity index (χ4v) is 4.38. The standard InChI is InChI=1S/C24H20ClF2N7O/c1-12-20(16-7-8-29-18-9-13(25)3-6-15(16)18)24(30-11-19(35)33(2)14-4-5-14)34-23(31-12)17(10-28)21(32-34)22(26)27/h3,6-9,14,22,30H,4-5,11H2,1-2H3. The molecule has 1 saturated carbocycles. The van der Waals surface area contributed by atoms with Crippen molar-refractivity contribution in [2.45, 2.75) is 32.2 Å². The Labute approximate surface area is 204 Å². The number of hydrogen-bond donors (Lipinski definition) is 1. The van der Waals surface area contributed by atoms with Crippen LogP contribution in [-0.4, -0.2) is 50.0 Å². The van der Waals surface area contributed by atoms with Crippen LogP contribution in [0.25, 0.3) is 27.7 Å². The number of alkyl halides is 2. The van der Waals surface area contributed by atoms with E-state index in [-0.39, 0.29) is 35.5 Å². The van der Waals surface area contributed by atoms with Gasteiger partial charge in [-0.2, -0.15) is 14.9 Å². The molecule has 11 heteroatoms. The number of likely N-dealkylation sites (N-methyl/N-ethyl adjacent to an activating group) is 1. The summed E-state index contributed by atoms with van der Waals surface area (Å²) in [7, 11) is 1.74. The molecule has 0 radical (unpaired) electrons. The van der Waals surface area contributed by atoms with E-state index in [0.717, 1.165) is 18.2 Å². The monoisotopic (exact) mass is 495 g/mol. The van der Waals surface area contributed by atoms with Crippen molar-refractivity contribution in [3.63, 3.8) is 0 Å². The number of nitrogens with one attached hydrogen (secondary N) is 1. The summed E-state index contributed by atoms with van der Waals surface area (Å²) in [5.74, 6) is 0.144. The van der Waals surface area contributed by atoms with Gasteiger partial charge in [-0.3, -0.25) is 9.78 Å². The third-order valence-electron chi connectivity index (χ3n) is 6.16. The molecule has 3 heterocycles. The van der Waals surface area contributed by atoms with Gasteiger partial charge in [-0.25, -0.2) is 13.8 Å². The Morgan fingerprint density at radius 1 is 1.37 bits per heavy atom. The SMILES string of the molecule is Cc1nc2c(C#N)c(C(F)F)nn2c(NCC(=O)N(C)C2CC2)c1-c1ccnc2cc(Cl)ccc12. The predicted octanol–water partition coefficient (Wildman–Crippen LogP) is 4.75. The fourth-order valence-electron chi connectivity index (χ4n) is 4.21. The molecule has 0 spiro atoms. The van der Waals surface area contributed by atoms with Crippen LogP contribution in [0.5, 0.6) is 0 Å². The van der Waals surface area contributed by atoms with Crippen LogP contribution in [0.2, 0.25) is 5.02 Å². The number of nitrogens with zero attached hydrogens (tertiary/aromatic N) is 6. The molecule has 35 heavy (non-hydrogen) atoms. The second-order valence-electron chi connectivity index (χ2n) is 8.44. The zero-order valence-corrected chi connectivity index (χ0v) is 19.6. The van der Waals surface area contributed by atoms with Gasteiger partial charge in [-0.15, -0.1) is 0 Å². The zero-order valence-electron chi connectivity index (χ0n) is 18.9. The number of fused-ring (bicyclic) bond motifs is 2. The summed E-state index contributed by atoms with van der Waals surface area (Å²) >= 11 is 6.15. The number of pyridine rings is 1. The molecular formula is C24H20ClF2N7O. The van der Waals surface area contributed by atoms with Gasteiger partial charge in [0.1, 0.15) is 23.1 Å². The lowest BCUT2D eigenvalue weighted by Gasteiger charge is -2.20. The van der Waals surface area contributed by atoms with Crippen LogP contribution in [0.1, 0.15) is 36.2 Å². The minimum atomic E-state index is -2.96. The number of nitriles is 1. The Hall–Kier alpha value is -3.84. The summed E-state index contributed by atoms with van der Waals surface area (Å²) in [6, 6.07) is 9.06. The number of halogens is 3. The summed E-state index contributed by atoms with van der Waals surface area (Å²) in [5.41, 5.74) is 1.41. The minimum absolute atomic E-state index is 0.00375. The van der Waals surface area contributed by atoms with Gasteiger partial charge < -0.3 is 10.2 Å². The largest absolute Gasteiger partial charge is 0.360 e. The molecule has 0 saturated heterocycles. The lowest BCUT2D eigenvalue weighted by molar-refractivity contribution is -0.128. The van der Waals surface area contributed by atoms with Gasteiger partial charge in [0.15, 0.2) is 5.65 Å². The van der Waals surface area contributed by atoms with Crippen LogP contribution in [-0.2, 0) is 4.79 Å². The molecule has 1 aliphatic carbocycles. The van der Waals surface area contributed by atoms with E-state index < -0.39 is 12.1 Å². The van der Waals surface area contributed by atoms with Crippen molar-refractivity contribution in [2.75, 3.05) is 18.9 Å². The van der Waals surface area contributed by atoms with Crippen molar-refractivity contribution in [2.24, 2.45) is 0 Å². The lowest BCUT2D eigenvalue weighted by Crippen LogP contribution is -2.34. The maximum Gasteiger partial charge on any atom is 0.283 e. The lowest BCUT2D eigenvalue weighted by atomic mass is 10.00. The molecule has 4 aromatic rings. The van der Waals surface area contributed by atoms with Crippen molar-refractivity contribution in [3.05, 3.63) is 52.4 Å². The number of hydrogen-bond acceptors (Lipinski definition) is 6. The fraction of sp³-hybridized carbons (Fsp3) is 0.292. The molecule has 1 N–H and O–H groups in total. The maximum absolute atomic E-state index is 13.7. The molecule has 1 aromatic carbocycles. The number of rotatable bonds is 6. The quantitative estimate of drug-likeness (QED) is 0.414. The second kappa shape index (κ2) is 8.74. The van der Waals surface area contributed by atoms with Crippen LogP contribution in [0.15, 0.2) is 30.5 Å². The number of amides is 1. The number of carbonyl (C=O) groups is 1. The van der Waals surface area contributed by atoms with Gasteiger partial charge in [-0.1, -0.05) is 17.7 Å². The number of anilines is 1. The van der Waals surface area contributed by atoms with E-state index in [4.69, 9.17) is 11.6 Å². The number of aryl methyl sites for hydroxylation is 1. The Kier molecular flexibility index (Phi) is 5.73. The number of carbonyl (C=O) groups excluding carboxylic acids is 1. The van der Waals surface area contributed by atoms with E-state index >= 15 is 0 Å². The van der Waals surface area contributed by atoms with Crippen LogP contribution in [0.4, 0.5) is 14.6 Å². The van der Waals surface area contributed by atoms with Gasteiger partial charge in [0.05, 0.1) is 17.8 Å². The first-order chi connectivity index (χ1) is 16.8. The summed E-state index contributed by atoms with van der Waals surface area (Å²) in [6.07, 6.45) is 0.566. The topological polar surface area (TPSA) is 99.2 Å². The van der Waals surface area contributed by atoms with Gasteiger partial charge in [0, 0.05) is 35.3 Å². The highest BCUT2D eigenvalue weighted by Gasteiger charge is 2.30. The maximum atomic E-state index is 13.7. The van der Waals surface area contributed by atoms with Crippen molar-refractivity contribution in [1.82, 2.24) is 24.5 Å². The highest BCUT2D eigenvalue weighted by atomic mass is 35.5. The molecule has 8 nitrogen and oxygen atoms in total. The Morgan fingerprint density at radius 3 is 2.83 bits per heavy atom. The summed E-state index contributed by atoms with van der Waals surface area (Å²) < 4.78 is 28.6. The van der Waals surface area contributed by atoms with Crippen molar-refractivity contribution in [3.8, 4) is 17.2 Å². The Morgan fingerprint density at radius 2 is 2.14 bits per heavy atom.